The van der Waals surface area contributed by atoms with Gasteiger partial charge in [-0.1, -0.05) is 82.5 Å². The lowest BCUT2D eigenvalue weighted by Crippen LogP contribution is -2.52. The molecule has 44 heavy (non-hydrogen) atoms. The topological polar surface area (TPSA) is 119 Å². The van der Waals surface area contributed by atoms with Gasteiger partial charge in [0.25, 0.3) is 0 Å². The first-order chi connectivity index (χ1) is 20.6. The van der Waals surface area contributed by atoms with E-state index >= 15 is 0 Å². The van der Waals surface area contributed by atoms with Gasteiger partial charge >= 0.3 is 5.97 Å². The average Bonchev–Trinajstić information content (AvgIpc) is 2.93. The van der Waals surface area contributed by atoms with Crippen molar-refractivity contribution >= 4 is 18.0 Å². The van der Waals surface area contributed by atoms with E-state index in [0.717, 1.165) is 69.2 Å². The van der Waals surface area contributed by atoms with Crippen LogP contribution in [0.2, 0.25) is 0 Å². The van der Waals surface area contributed by atoms with Crippen LogP contribution in [0, 0.1) is 16.7 Å². The van der Waals surface area contributed by atoms with Crippen molar-refractivity contribution in [2.75, 3.05) is 13.1 Å². The number of carbonyl (C=O) groups is 2. The molecular weight excluding hydrogens is 552 g/mol. The molecule has 246 valence electrons. The molecule has 2 aliphatic carbocycles. The van der Waals surface area contributed by atoms with Crippen molar-refractivity contribution in [3.8, 4) is 0 Å². The van der Waals surface area contributed by atoms with Crippen LogP contribution in [-0.4, -0.2) is 51.5 Å². The van der Waals surface area contributed by atoms with Gasteiger partial charge in [0, 0.05) is 19.5 Å². The minimum Gasteiger partial charge on any atom is -0.481 e. The molecule has 0 heterocycles. The number of unbranched alkanes of at least 4 members (excludes halogenated alkanes) is 3. The fourth-order valence-electron chi connectivity index (χ4n) is 7.68. The summed E-state index contributed by atoms with van der Waals surface area (Å²) in [5.74, 6) is -0.594. The number of carboxylic acid groups (broad SMARTS) is 1. The summed E-state index contributed by atoms with van der Waals surface area (Å²) in [4.78, 5) is 22.0. The number of hydrogen-bond acceptors (Lipinski definition) is 5. The maximum Gasteiger partial charge on any atom is 0.303 e. The first-order valence-corrected chi connectivity index (χ1v) is 16.8. The summed E-state index contributed by atoms with van der Waals surface area (Å²) >= 11 is 0. The normalized spacial score (nSPS) is 27.2. The first kappa shape index (κ1) is 36.0. The van der Waals surface area contributed by atoms with Crippen LogP contribution in [0.5, 0.6) is 0 Å². The van der Waals surface area contributed by atoms with Crippen LogP contribution in [0.25, 0.3) is 6.08 Å². The van der Waals surface area contributed by atoms with Crippen molar-refractivity contribution in [2.45, 2.75) is 129 Å². The van der Waals surface area contributed by atoms with Crippen LogP contribution in [0.3, 0.4) is 0 Å². The van der Waals surface area contributed by atoms with E-state index in [9.17, 15) is 19.8 Å². The maximum atomic E-state index is 11.5. The summed E-state index contributed by atoms with van der Waals surface area (Å²) in [7, 11) is 0. The lowest BCUT2D eigenvalue weighted by molar-refractivity contribution is -0.138. The van der Waals surface area contributed by atoms with E-state index in [1.165, 1.54) is 18.4 Å². The minimum atomic E-state index is -1.01. The number of amides is 1. The van der Waals surface area contributed by atoms with Crippen molar-refractivity contribution in [3.05, 3.63) is 53.1 Å². The highest BCUT2D eigenvalue weighted by Crippen LogP contribution is 2.61. The van der Waals surface area contributed by atoms with Crippen LogP contribution in [0.1, 0.15) is 123 Å². The quantitative estimate of drug-likeness (QED) is 0.104. The number of carboxylic acids is 1. The zero-order valence-corrected chi connectivity index (χ0v) is 27.9. The highest BCUT2D eigenvalue weighted by atomic mass is 16.4. The van der Waals surface area contributed by atoms with Crippen LogP contribution >= 0.6 is 0 Å². The molecule has 1 aromatic carbocycles. The van der Waals surface area contributed by atoms with Gasteiger partial charge in [0.2, 0.25) is 5.91 Å². The largest absolute Gasteiger partial charge is 0.481 e. The number of carbonyl (C=O) groups excluding carboxylic acids is 1. The maximum absolute atomic E-state index is 11.5. The van der Waals surface area contributed by atoms with E-state index in [1.54, 1.807) is 0 Å². The van der Waals surface area contributed by atoms with Crippen LogP contribution in [0.4, 0.5) is 0 Å². The van der Waals surface area contributed by atoms with Gasteiger partial charge in [-0.15, -0.1) is 0 Å². The number of aliphatic carboxylic acids is 1. The Labute approximate surface area is 265 Å². The Morgan fingerprint density at radius 1 is 0.977 bits per heavy atom. The second-order valence-corrected chi connectivity index (χ2v) is 14.7. The molecule has 1 aromatic rings. The molecular formula is C37H58N2O5. The molecule has 2 saturated carbocycles. The summed E-state index contributed by atoms with van der Waals surface area (Å²) in [6.07, 6.45) is 15.8. The molecule has 0 spiro atoms. The molecule has 0 saturated heterocycles. The monoisotopic (exact) mass is 610 g/mol. The zero-order chi connectivity index (χ0) is 32.4. The van der Waals surface area contributed by atoms with Gasteiger partial charge < -0.3 is 26.0 Å². The Balaban J connectivity index is 1.41. The van der Waals surface area contributed by atoms with Gasteiger partial charge in [0.1, 0.15) is 0 Å². The molecule has 7 heteroatoms. The van der Waals surface area contributed by atoms with E-state index < -0.39 is 17.2 Å². The molecule has 0 radical (unpaired) electrons. The summed E-state index contributed by atoms with van der Waals surface area (Å²) in [6.45, 7) is 13.2. The molecule has 1 amide bonds. The molecule has 0 unspecified atom stereocenters. The fourth-order valence-corrected chi connectivity index (χ4v) is 7.68. The molecule has 0 aromatic heterocycles. The number of hydrogen-bond donors (Lipinski definition) is 5. The third kappa shape index (κ3) is 10.6. The Morgan fingerprint density at radius 3 is 2.34 bits per heavy atom. The van der Waals surface area contributed by atoms with Gasteiger partial charge in [0.05, 0.1) is 17.6 Å². The third-order valence-electron chi connectivity index (χ3n) is 10.2. The lowest BCUT2D eigenvalue weighted by atomic mass is 9.47. The van der Waals surface area contributed by atoms with E-state index in [1.807, 2.05) is 26.0 Å². The van der Waals surface area contributed by atoms with E-state index in [2.05, 4.69) is 61.7 Å². The lowest BCUT2D eigenvalue weighted by Gasteiger charge is -2.58. The number of fused-ring (bicyclic) bond motifs is 1. The van der Waals surface area contributed by atoms with E-state index in [-0.39, 0.29) is 29.6 Å². The zero-order valence-electron chi connectivity index (χ0n) is 27.9. The van der Waals surface area contributed by atoms with E-state index in [0.29, 0.717) is 18.9 Å². The fraction of sp³-hybridized carbons (Fsp3) is 0.676. The second-order valence-electron chi connectivity index (χ2n) is 14.7. The van der Waals surface area contributed by atoms with Crippen molar-refractivity contribution in [3.63, 3.8) is 0 Å². The third-order valence-corrected chi connectivity index (χ3v) is 10.2. The molecule has 2 aliphatic rings. The molecule has 2 fully saturated rings. The minimum absolute atomic E-state index is 0.0299. The molecule has 0 aliphatic heterocycles. The summed E-state index contributed by atoms with van der Waals surface area (Å²) in [5.41, 5.74) is 1.77. The summed E-state index contributed by atoms with van der Waals surface area (Å²) < 4.78 is 0. The Kier molecular flexibility index (Phi) is 12.8. The number of benzene rings is 1. The predicted molar refractivity (Wildman–Crippen MR) is 178 cm³/mol. The Bertz CT molecular complexity index is 1150. The average molecular weight is 611 g/mol. The van der Waals surface area contributed by atoms with Gasteiger partial charge in [-0.25, -0.2) is 0 Å². The molecule has 3 rings (SSSR count). The molecule has 0 bridgehead atoms. The Hall–Kier alpha value is -2.48. The highest BCUT2D eigenvalue weighted by molar-refractivity contribution is 5.80. The van der Waals surface area contributed by atoms with Gasteiger partial charge in [-0.05, 0) is 98.8 Å². The van der Waals surface area contributed by atoms with Crippen LogP contribution in [0.15, 0.2) is 42.0 Å². The van der Waals surface area contributed by atoms with Crippen LogP contribution < -0.4 is 10.6 Å². The predicted octanol–water partition coefficient (Wildman–Crippen LogP) is 6.78. The Morgan fingerprint density at radius 2 is 1.66 bits per heavy atom. The van der Waals surface area contributed by atoms with Crippen molar-refractivity contribution in [1.82, 2.24) is 10.6 Å². The summed E-state index contributed by atoms with van der Waals surface area (Å²) in [6, 6.07) is 8.38. The van der Waals surface area contributed by atoms with Crippen molar-refractivity contribution in [1.29, 1.82) is 0 Å². The number of aliphatic hydroxyl groups is 2. The number of rotatable bonds is 16. The van der Waals surface area contributed by atoms with Crippen LogP contribution in [-0.2, 0) is 16.1 Å². The highest BCUT2D eigenvalue weighted by Gasteiger charge is 2.54. The smallest absolute Gasteiger partial charge is 0.303 e. The van der Waals surface area contributed by atoms with Gasteiger partial charge in [0.15, 0.2) is 0 Å². The summed E-state index contributed by atoms with van der Waals surface area (Å²) in [5, 5.41) is 37.5. The molecule has 5 N–H and O–H groups in total. The molecule has 7 nitrogen and oxygen atoms in total. The SMILES string of the molecule is CC1(C)CCC[C@]2(C)C(=CC[C@@](C)(O)/C=C/c3ccc(CNCCCCCCNC(=O)CCC(=O)O)cc3)[C@](C)(O)CC[C@@H]12. The number of nitrogens with one attached hydrogen (secondary N) is 2. The van der Waals surface area contributed by atoms with Crippen molar-refractivity contribution < 1.29 is 24.9 Å². The van der Waals surface area contributed by atoms with Gasteiger partial charge in [-0.3, -0.25) is 9.59 Å². The standard InChI is InChI=1S/C37H58N2O5/c1-34(2)20-10-21-36(4)30(34)19-24-37(5,44)31(36)18-23-35(3,43)22-17-28-11-13-29(14-12-28)27-38-25-8-6-7-9-26-39-32(40)15-16-33(41)42/h11-14,17-18,22,30,38,43-44H,6-10,15-16,19-21,23-27H2,1-5H3,(H,39,40)(H,41,42)/b22-17+,31-18?/t30-,35-,36-,37+/m0/s1. The molecule has 4 atom stereocenters. The van der Waals surface area contributed by atoms with E-state index in [4.69, 9.17) is 5.11 Å². The first-order valence-electron chi connectivity index (χ1n) is 16.8. The van der Waals surface area contributed by atoms with Crippen molar-refractivity contribution in [2.24, 2.45) is 16.7 Å². The van der Waals surface area contributed by atoms with Gasteiger partial charge in [-0.2, -0.15) is 0 Å². The second kappa shape index (κ2) is 15.7.